The summed E-state index contributed by atoms with van der Waals surface area (Å²) in [5.74, 6) is 1.33. The molecule has 2 aromatic heterocycles. The number of aromatic nitrogens is 2. The van der Waals surface area contributed by atoms with Gasteiger partial charge in [0.1, 0.15) is 19.3 Å². The Bertz CT molecular complexity index is 1840. The molecule has 2 aliphatic heterocycles. The van der Waals surface area contributed by atoms with Gasteiger partial charge in [-0.05, 0) is 38.1 Å². The molecule has 0 radical (unpaired) electrons. The summed E-state index contributed by atoms with van der Waals surface area (Å²) in [6.07, 6.45) is 2.14. The number of nitrogens with zero attached hydrogens (tertiary/aromatic N) is 4. The van der Waals surface area contributed by atoms with Crippen molar-refractivity contribution in [2.24, 2.45) is 0 Å². The summed E-state index contributed by atoms with van der Waals surface area (Å²) in [5, 5.41) is 11.2. The molecule has 270 valence electrons. The van der Waals surface area contributed by atoms with Gasteiger partial charge in [0, 0.05) is 71.6 Å². The summed E-state index contributed by atoms with van der Waals surface area (Å²) in [4.78, 5) is 25.6. The van der Waals surface area contributed by atoms with Crippen molar-refractivity contribution in [1.82, 2.24) is 19.8 Å². The Hall–Kier alpha value is -4.13. The number of aliphatic hydroxyl groups is 1. The molecule has 2 atom stereocenters. The highest BCUT2D eigenvalue weighted by molar-refractivity contribution is 6.37. The lowest BCUT2D eigenvalue weighted by atomic mass is 10.0. The zero-order valence-electron chi connectivity index (χ0n) is 28.9. The van der Waals surface area contributed by atoms with E-state index in [0.717, 1.165) is 53.0 Å². The minimum atomic E-state index is -0.615. The van der Waals surface area contributed by atoms with Gasteiger partial charge in [0.25, 0.3) is 0 Å². The molecule has 2 aromatic carbocycles. The number of likely N-dealkylation sites (tertiary alicyclic amines) is 2. The van der Waals surface area contributed by atoms with Crippen molar-refractivity contribution in [3.63, 3.8) is 0 Å². The number of hydrogen-bond acceptors (Lipinski definition) is 11. The maximum absolute atomic E-state index is 12.2. The van der Waals surface area contributed by atoms with E-state index in [1.165, 1.54) is 27.1 Å². The molecule has 2 saturated heterocycles. The second-order valence-corrected chi connectivity index (χ2v) is 13.4. The van der Waals surface area contributed by atoms with Crippen LogP contribution in [0.3, 0.4) is 0 Å². The number of carbonyl (C=O) groups excluding carboxylic acids is 1. The first-order chi connectivity index (χ1) is 24.8. The molecule has 0 aliphatic carbocycles. The molecular weight excluding hydrogens is 695 g/mol. The predicted octanol–water partition coefficient (Wildman–Crippen LogP) is 6.33. The Morgan fingerprint density at radius 3 is 1.80 bits per heavy atom. The zero-order valence-corrected chi connectivity index (χ0v) is 30.5. The standard InChI is InChI=1S/C38H42Cl2N4O7/c1-47-36-24(19-43-16-4-5-17-43)12-14-32(41-36)50-22-26-8-6-10-29(34(26)39)30-11-7-9-27(35(30)40)23-51-33-15-13-25(37(42-33)48-2)20-44-21-28(45)18-31(44)38(46)49-3/h6-15,28,31,45H,4-5,16-23H2,1-3H3. The highest BCUT2D eigenvalue weighted by Gasteiger charge is 2.37. The molecule has 2 fully saturated rings. The molecule has 2 unspecified atom stereocenters. The van der Waals surface area contributed by atoms with Crippen molar-refractivity contribution >= 4 is 29.2 Å². The minimum Gasteiger partial charge on any atom is -0.481 e. The Kier molecular flexibility index (Phi) is 12.2. The van der Waals surface area contributed by atoms with E-state index in [-0.39, 0.29) is 19.2 Å². The van der Waals surface area contributed by atoms with Crippen LogP contribution in [0.25, 0.3) is 11.1 Å². The smallest absolute Gasteiger partial charge is 0.323 e. The number of rotatable bonds is 14. The molecule has 11 nitrogen and oxygen atoms in total. The summed E-state index contributed by atoms with van der Waals surface area (Å²) in [6, 6.07) is 18.4. The van der Waals surface area contributed by atoms with Crippen molar-refractivity contribution in [1.29, 1.82) is 0 Å². The number of hydrogen-bond donors (Lipinski definition) is 1. The van der Waals surface area contributed by atoms with Gasteiger partial charge in [-0.1, -0.05) is 59.6 Å². The van der Waals surface area contributed by atoms with Crippen LogP contribution in [0.1, 0.15) is 41.5 Å². The van der Waals surface area contributed by atoms with Crippen LogP contribution >= 0.6 is 23.2 Å². The monoisotopic (exact) mass is 736 g/mol. The number of esters is 1. The number of methoxy groups -OCH3 is 3. The fourth-order valence-corrected chi connectivity index (χ4v) is 7.16. The molecular formula is C38H42Cl2N4O7. The van der Waals surface area contributed by atoms with E-state index in [4.69, 9.17) is 46.9 Å². The Morgan fingerprint density at radius 1 is 0.765 bits per heavy atom. The first-order valence-corrected chi connectivity index (χ1v) is 17.6. The maximum atomic E-state index is 12.2. The second-order valence-electron chi connectivity index (χ2n) is 12.6. The van der Waals surface area contributed by atoms with Crippen molar-refractivity contribution in [3.05, 3.63) is 93.0 Å². The van der Waals surface area contributed by atoms with Crippen LogP contribution in [0.15, 0.2) is 60.7 Å². The van der Waals surface area contributed by atoms with E-state index in [0.29, 0.717) is 53.1 Å². The Balaban J connectivity index is 1.12. The van der Waals surface area contributed by atoms with Crippen molar-refractivity contribution in [3.8, 4) is 34.6 Å². The van der Waals surface area contributed by atoms with Gasteiger partial charge in [-0.25, -0.2) is 0 Å². The van der Waals surface area contributed by atoms with Crippen LogP contribution in [-0.2, 0) is 35.8 Å². The molecule has 0 saturated carbocycles. The first kappa shape index (κ1) is 36.7. The number of carbonyl (C=O) groups is 1. The predicted molar refractivity (Wildman–Crippen MR) is 193 cm³/mol. The van der Waals surface area contributed by atoms with Crippen LogP contribution in [0, 0.1) is 0 Å². The van der Waals surface area contributed by atoms with Crippen LogP contribution in [0.5, 0.6) is 23.5 Å². The van der Waals surface area contributed by atoms with Gasteiger partial charge in [-0.3, -0.25) is 14.6 Å². The highest BCUT2D eigenvalue weighted by Crippen LogP contribution is 2.38. The average Bonchev–Trinajstić information content (AvgIpc) is 3.80. The normalized spacial score (nSPS) is 17.8. The molecule has 13 heteroatoms. The number of aliphatic hydroxyl groups excluding tert-OH is 1. The molecule has 51 heavy (non-hydrogen) atoms. The van der Waals surface area contributed by atoms with Crippen LogP contribution in [0.4, 0.5) is 0 Å². The molecule has 4 aromatic rings. The number of pyridine rings is 2. The van der Waals surface area contributed by atoms with E-state index in [2.05, 4.69) is 14.9 Å². The first-order valence-electron chi connectivity index (χ1n) is 16.9. The summed E-state index contributed by atoms with van der Waals surface area (Å²) >= 11 is 13.9. The van der Waals surface area contributed by atoms with E-state index >= 15 is 0 Å². The van der Waals surface area contributed by atoms with Gasteiger partial charge >= 0.3 is 5.97 Å². The van der Waals surface area contributed by atoms with Gasteiger partial charge in [0.15, 0.2) is 0 Å². The molecule has 1 N–H and O–H groups in total. The second kappa shape index (κ2) is 16.9. The molecule has 2 aliphatic rings. The molecule has 0 amide bonds. The van der Waals surface area contributed by atoms with Crippen molar-refractivity contribution < 1.29 is 33.6 Å². The zero-order chi connectivity index (χ0) is 35.9. The molecule has 6 rings (SSSR count). The van der Waals surface area contributed by atoms with E-state index < -0.39 is 12.1 Å². The summed E-state index contributed by atoms with van der Waals surface area (Å²) < 4.78 is 28.2. The number of β-amino-alcohol motifs (C(OH)–C–C–N with tert-alkyl or cyclic N) is 1. The van der Waals surface area contributed by atoms with Gasteiger partial charge in [0.05, 0.1) is 37.5 Å². The number of ether oxygens (including phenoxy) is 5. The van der Waals surface area contributed by atoms with Gasteiger partial charge in [-0.15, -0.1) is 0 Å². The Labute approximate surface area is 308 Å². The summed E-state index contributed by atoms with van der Waals surface area (Å²) in [5.41, 5.74) is 4.82. The lowest BCUT2D eigenvalue weighted by Crippen LogP contribution is -2.36. The third-order valence-electron chi connectivity index (χ3n) is 9.23. The summed E-state index contributed by atoms with van der Waals surface area (Å²) in [6.45, 7) is 4.03. The number of halogens is 2. The largest absolute Gasteiger partial charge is 0.481 e. The fourth-order valence-electron chi connectivity index (χ4n) is 6.60. The quantitative estimate of drug-likeness (QED) is 0.147. The minimum absolute atomic E-state index is 0.145. The van der Waals surface area contributed by atoms with Gasteiger partial charge in [0.2, 0.25) is 23.5 Å². The van der Waals surface area contributed by atoms with E-state index in [1.54, 1.807) is 13.2 Å². The topological polar surface area (TPSA) is 116 Å². The molecule has 0 bridgehead atoms. The third kappa shape index (κ3) is 8.68. The lowest BCUT2D eigenvalue weighted by Gasteiger charge is -2.22. The van der Waals surface area contributed by atoms with Crippen molar-refractivity contribution in [2.45, 2.75) is 57.7 Å². The average molecular weight is 738 g/mol. The van der Waals surface area contributed by atoms with Crippen molar-refractivity contribution in [2.75, 3.05) is 41.0 Å². The molecule has 4 heterocycles. The Morgan fingerprint density at radius 2 is 1.29 bits per heavy atom. The van der Waals surface area contributed by atoms with Crippen LogP contribution < -0.4 is 18.9 Å². The summed E-state index contributed by atoms with van der Waals surface area (Å²) in [7, 11) is 4.49. The highest BCUT2D eigenvalue weighted by atomic mass is 35.5. The van der Waals surface area contributed by atoms with Crippen LogP contribution in [0.2, 0.25) is 10.0 Å². The van der Waals surface area contributed by atoms with Gasteiger partial charge < -0.3 is 28.8 Å². The SMILES string of the molecule is COC(=O)C1CC(O)CN1Cc1ccc(OCc2cccc(-c3cccc(COc4ccc(CN5CCCC5)c(OC)n4)c3Cl)c2Cl)nc1OC. The lowest BCUT2D eigenvalue weighted by molar-refractivity contribution is -0.146. The number of benzene rings is 2. The van der Waals surface area contributed by atoms with Crippen LogP contribution in [-0.4, -0.2) is 84.0 Å². The third-order valence-corrected chi connectivity index (χ3v) is 10.1. The fraction of sp³-hybridized carbons (Fsp3) is 0.395. The maximum Gasteiger partial charge on any atom is 0.323 e. The van der Waals surface area contributed by atoms with E-state index in [1.807, 2.05) is 59.5 Å². The van der Waals surface area contributed by atoms with Gasteiger partial charge in [-0.2, -0.15) is 9.97 Å². The van der Waals surface area contributed by atoms with E-state index in [9.17, 15) is 9.90 Å². The molecule has 0 spiro atoms.